The monoisotopic (exact) mass is 532 g/mol. The highest BCUT2D eigenvalue weighted by Gasteiger charge is 2.54. The first-order valence-corrected chi connectivity index (χ1v) is 12.8. The maximum Gasteiger partial charge on any atom is 0.416 e. The molecule has 0 spiro atoms. The maximum atomic E-state index is 12.9. The molecule has 4 heterocycles. The van der Waals surface area contributed by atoms with Crippen LogP contribution in [0.3, 0.4) is 0 Å². The van der Waals surface area contributed by atoms with Gasteiger partial charge in [0, 0.05) is 37.8 Å². The highest BCUT2D eigenvalue weighted by molar-refractivity contribution is 5.83. The van der Waals surface area contributed by atoms with Gasteiger partial charge in [-0.3, -0.25) is 0 Å². The predicted molar refractivity (Wildman–Crippen MR) is 134 cm³/mol. The molecule has 3 aliphatic rings. The summed E-state index contributed by atoms with van der Waals surface area (Å²) in [4.78, 5) is 15.8. The normalized spacial score (nSPS) is 28.8. The number of rotatable bonds is 6. The minimum Gasteiger partial charge on any atom is -0.384 e. The van der Waals surface area contributed by atoms with Gasteiger partial charge in [0.2, 0.25) is 0 Å². The summed E-state index contributed by atoms with van der Waals surface area (Å²) in [6.07, 6.45) is 0.412. The quantitative estimate of drug-likeness (QED) is 0.504. The van der Waals surface area contributed by atoms with Crippen molar-refractivity contribution in [1.82, 2.24) is 19.5 Å². The number of hydrogen-bond acceptors (Lipinski definition) is 8. The average molecular weight is 533 g/mol. The van der Waals surface area contributed by atoms with E-state index in [1.807, 2.05) is 13.8 Å². The molecule has 1 N–H and O–H groups in total. The molecule has 2 saturated heterocycles. The largest absolute Gasteiger partial charge is 0.416 e. The van der Waals surface area contributed by atoms with Crippen LogP contribution in [-0.4, -0.2) is 70.4 Å². The number of benzene rings is 1. The molecule has 2 aliphatic heterocycles. The van der Waals surface area contributed by atoms with Crippen molar-refractivity contribution in [1.29, 1.82) is 0 Å². The summed E-state index contributed by atoms with van der Waals surface area (Å²) >= 11 is 0. The van der Waals surface area contributed by atoms with Gasteiger partial charge in [-0.2, -0.15) is 13.2 Å². The molecule has 1 aliphatic carbocycles. The van der Waals surface area contributed by atoms with Crippen molar-refractivity contribution in [2.75, 3.05) is 37.0 Å². The average Bonchev–Trinajstić information content (AvgIpc) is 3.63. The molecule has 0 radical (unpaired) electrons. The third-order valence-corrected chi connectivity index (χ3v) is 7.74. The lowest BCUT2D eigenvalue weighted by Crippen LogP contribution is -2.28. The third kappa shape index (κ3) is 4.58. The molecule has 1 aromatic carbocycles. The topological polar surface area (TPSA) is 86.6 Å². The second kappa shape index (κ2) is 9.35. The molecule has 1 saturated carbocycles. The molecule has 204 valence electrons. The summed E-state index contributed by atoms with van der Waals surface area (Å²) in [5.41, 5.74) is 1.51. The second-order valence-corrected chi connectivity index (χ2v) is 10.8. The molecule has 2 aromatic heterocycles. The van der Waals surface area contributed by atoms with Gasteiger partial charge in [0.25, 0.3) is 0 Å². The molecule has 3 aromatic rings. The highest BCUT2D eigenvalue weighted by atomic mass is 19.4. The number of imidazole rings is 1. The minimum absolute atomic E-state index is 0.00341. The number of aromatic nitrogens is 4. The van der Waals surface area contributed by atoms with Crippen LogP contribution in [0.5, 0.6) is 0 Å². The van der Waals surface area contributed by atoms with Crippen LogP contribution in [0.1, 0.15) is 38.3 Å². The van der Waals surface area contributed by atoms with Crippen LogP contribution in [0.2, 0.25) is 0 Å². The van der Waals surface area contributed by atoms with Crippen molar-refractivity contribution in [2.45, 2.75) is 62.9 Å². The molecule has 38 heavy (non-hydrogen) atoms. The number of hydrogen-bond donors (Lipinski definition) is 1. The van der Waals surface area contributed by atoms with E-state index in [9.17, 15) is 13.2 Å². The lowest BCUT2D eigenvalue weighted by molar-refractivity contribution is -0.162. The van der Waals surface area contributed by atoms with Gasteiger partial charge in [-0.25, -0.2) is 15.0 Å². The van der Waals surface area contributed by atoms with Crippen molar-refractivity contribution < 1.29 is 27.4 Å². The zero-order valence-corrected chi connectivity index (χ0v) is 21.5. The Hall–Kier alpha value is -2.96. The summed E-state index contributed by atoms with van der Waals surface area (Å²) in [6, 6.07) is 5.37. The van der Waals surface area contributed by atoms with Crippen molar-refractivity contribution in [2.24, 2.45) is 5.92 Å². The highest BCUT2D eigenvalue weighted by Crippen LogP contribution is 2.47. The number of fused-ring (bicyclic) bond motifs is 2. The Labute approximate surface area is 218 Å². The first-order valence-electron chi connectivity index (χ1n) is 12.8. The van der Waals surface area contributed by atoms with Gasteiger partial charge in [-0.1, -0.05) is 0 Å². The summed E-state index contributed by atoms with van der Waals surface area (Å²) in [7, 11) is 1.70. The minimum atomic E-state index is -4.34. The van der Waals surface area contributed by atoms with Crippen molar-refractivity contribution in [3.63, 3.8) is 0 Å². The summed E-state index contributed by atoms with van der Waals surface area (Å²) in [6.45, 7) is 5.81. The Morgan fingerprint density at radius 1 is 1.11 bits per heavy atom. The number of methoxy groups -OCH3 is 1. The van der Waals surface area contributed by atoms with Crippen molar-refractivity contribution in [3.8, 4) is 0 Å². The lowest BCUT2D eigenvalue weighted by Gasteiger charge is -2.24. The van der Waals surface area contributed by atoms with Gasteiger partial charge >= 0.3 is 6.18 Å². The molecule has 6 rings (SSSR count). The molecule has 9 nitrogen and oxygen atoms in total. The number of nitrogens with zero attached hydrogens (tertiary/aromatic N) is 5. The molecular formula is C26H31F3N6O3. The number of nitrogens with one attached hydrogen (secondary N) is 1. The van der Waals surface area contributed by atoms with E-state index in [1.165, 1.54) is 18.5 Å². The van der Waals surface area contributed by atoms with Gasteiger partial charge < -0.3 is 29.0 Å². The Kier molecular flexibility index (Phi) is 6.23. The molecule has 5 atom stereocenters. The summed E-state index contributed by atoms with van der Waals surface area (Å²) < 4.78 is 58.8. The molecule has 0 amide bonds. The molecule has 2 unspecified atom stereocenters. The fraction of sp³-hybridized carbons (Fsp3) is 0.577. The Bertz CT molecular complexity index is 1300. The third-order valence-electron chi connectivity index (χ3n) is 7.74. The van der Waals surface area contributed by atoms with E-state index in [0.717, 1.165) is 42.9 Å². The SMILES string of the molecule is COC[C@H]1CC(n2cnc3c(NC4CCN(c5ccc(C(F)(F)F)cc5)C4)ncnc32)[C@@H]2OC(C)(C)O[C@H]12. The summed E-state index contributed by atoms with van der Waals surface area (Å²) in [5, 5.41) is 3.49. The number of alkyl halides is 3. The predicted octanol–water partition coefficient (Wildman–Crippen LogP) is 4.26. The van der Waals surface area contributed by atoms with Crippen LogP contribution >= 0.6 is 0 Å². The van der Waals surface area contributed by atoms with Crippen LogP contribution in [0.25, 0.3) is 11.2 Å². The number of ether oxygens (including phenoxy) is 3. The van der Waals surface area contributed by atoms with Crippen LogP contribution in [-0.2, 0) is 20.4 Å². The van der Waals surface area contributed by atoms with Gasteiger partial charge in [0.05, 0.1) is 30.6 Å². The number of halogens is 3. The zero-order valence-electron chi connectivity index (χ0n) is 21.5. The Morgan fingerprint density at radius 2 is 1.87 bits per heavy atom. The summed E-state index contributed by atoms with van der Waals surface area (Å²) in [5.74, 6) is 0.169. The van der Waals surface area contributed by atoms with Gasteiger partial charge in [0.1, 0.15) is 17.9 Å². The first kappa shape index (κ1) is 25.3. The van der Waals surface area contributed by atoms with E-state index in [-0.39, 0.29) is 30.2 Å². The van der Waals surface area contributed by atoms with Crippen molar-refractivity contribution in [3.05, 3.63) is 42.5 Å². The molecule has 12 heteroatoms. The molecule has 0 bridgehead atoms. The lowest BCUT2D eigenvalue weighted by atomic mass is 10.1. The Morgan fingerprint density at radius 3 is 2.61 bits per heavy atom. The standard InChI is InChI=1S/C26H31F3N6O3/c1-25(2)37-21-15(12-36-3)10-19(22(21)38-25)35-14-32-20-23(30-13-31-24(20)35)33-17-8-9-34(11-17)18-6-4-16(5-7-18)26(27,28)29/h4-7,13-15,17,19,21-22H,8-12H2,1-3H3,(H,30,31,33)/t15-,17?,19?,21-,22+/m1/s1. The van der Waals surface area contributed by atoms with E-state index < -0.39 is 17.5 Å². The number of anilines is 2. The van der Waals surface area contributed by atoms with Crippen LogP contribution in [0, 0.1) is 5.92 Å². The smallest absolute Gasteiger partial charge is 0.384 e. The van der Waals surface area contributed by atoms with Gasteiger partial charge in [0.15, 0.2) is 17.3 Å². The first-order chi connectivity index (χ1) is 18.1. The van der Waals surface area contributed by atoms with E-state index in [1.54, 1.807) is 13.4 Å². The van der Waals surface area contributed by atoms with Crippen molar-refractivity contribution >= 4 is 22.7 Å². The van der Waals surface area contributed by atoms with Crippen LogP contribution in [0.15, 0.2) is 36.9 Å². The molecule has 3 fully saturated rings. The van der Waals surface area contributed by atoms with Gasteiger partial charge in [-0.15, -0.1) is 0 Å². The van der Waals surface area contributed by atoms with E-state index in [0.29, 0.717) is 24.5 Å². The van der Waals surface area contributed by atoms with Crippen LogP contribution in [0.4, 0.5) is 24.7 Å². The van der Waals surface area contributed by atoms with Gasteiger partial charge in [-0.05, 0) is 51.0 Å². The van der Waals surface area contributed by atoms with Crippen LogP contribution < -0.4 is 10.2 Å². The van der Waals surface area contributed by atoms with E-state index in [4.69, 9.17) is 14.2 Å². The second-order valence-electron chi connectivity index (χ2n) is 10.8. The van der Waals surface area contributed by atoms with E-state index >= 15 is 0 Å². The fourth-order valence-electron chi connectivity index (χ4n) is 6.07. The fourth-order valence-corrected chi connectivity index (χ4v) is 6.07. The maximum absolute atomic E-state index is 12.9. The zero-order chi connectivity index (χ0) is 26.7. The Balaban J connectivity index is 1.19. The molecular weight excluding hydrogens is 501 g/mol. The van der Waals surface area contributed by atoms with E-state index in [2.05, 4.69) is 29.7 Å².